The highest BCUT2D eigenvalue weighted by Crippen LogP contribution is 2.33. The Morgan fingerprint density at radius 3 is 2.79 bits per heavy atom. The van der Waals surface area contributed by atoms with Crippen molar-refractivity contribution in [3.63, 3.8) is 0 Å². The van der Waals surface area contributed by atoms with Gasteiger partial charge in [0.2, 0.25) is 5.88 Å². The number of hydrogen-bond donors (Lipinski definition) is 2. The zero-order valence-corrected chi connectivity index (χ0v) is 14.4. The first-order valence-corrected chi connectivity index (χ1v) is 8.38. The van der Waals surface area contributed by atoms with Crippen LogP contribution in [0.2, 0.25) is 0 Å². The molecule has 0 radical (unpaired) electrons. The molecule has 0 spiro atoms. The van der Waals surface area contributed by atoms with Crippen molar-refractivity contribution < 1.29 is 31.5 Å². The number of urea groups is 1. The Morgan fingerprint density at radius 1 is 1.25 bits per heavy atom. The number of amides is 2. The van der Waals surface area contributed by atoms with Crippen LogP contribution in [0.3, 0.4) is 0 Å². The number of alkyl halides is 3. The van der Waals surface area contributed by atoms with E-state index in [2.05, 4.69) is 20.4 Å². The molecule has 1 aromatic heterocycles. The van der Waals surface area contributed by atoms with Crippen LogP contribution in [0.5, 0.6) is 5.88 Å². The number of halogens is 5. The molecule has 1 aliphatic rings. The molecule has 0 bridgehead atoms. The van der Waals surface area contributed by atoms with Gasteiger partial charge in [-0.15, -0.1) is 0 Å². The van der Waals surface area contributed by atoms with Gasteiger partial charge in [-0.2, -0.15) is 13.2 Å². The van der Waals surface area contributed by atoms with Crippen molar-refractivity contribution in [3.05, 3.63) is 58.8 Å². The molecule has 2 aromatic rings. The largest absolute Gasteiger partial charge is 0.468 e. The lowest BCUT2D eigenvalue weighted by molar-refractivity contribution is -0.154. The number of aromatic nitrogens is 1. The molecule has 1 aliphatic carbocycles. The molecule has 1 atom stereocenters. The number of carbonyl (C=O) groups excluding carboxylic acids is 1. The van der Waals surface area contributed by atoms with Crippen LogP contribution in [0.4, 0.5) is 26.7 Å². The van der Waals surface area contributed by atoms with Gasteiger partial charge in [0.1, 0.15) is 11.6 Å². The fraction of sp³-hybridized carbons (Fsp3) is 0.333. The topological polar surface area (TPSA) is 63.2 Å². The summed E-state index contributed by atoms with van der Waals surface area (Å²) >= 11 is 0. The van der Waals surface area contributed by atoms with Crippen LogP contribution < -0.4 is 15.4 Å². The third-order valence-corrected chi connectivity index (χ3v) is 4.19. The zero-order valence-electron chi connectivity index (χ0n) is 14.4. The first-order chi connectivity index (χ1) is 13.2. The van der Waals surface area contributed by atoms with Gasteiger partial charge in [0.05, 0.1) is 6.04 Å². The Bertz CT molecular complexity index is 873. The maximum Gasteiger partial charge on any atom is 0.422 e. The highest BCUT2D eigenvalue weighted by Gasteiger charge is 2.29. The van der Waals surface area contributed by atoms with Crippen LogP contribution in [0.1, 0.15) is 29.2 Å². The molecule has 0 fully saturated rings. The van der Waals surface area contributed by atoms with E-state index in [1.807, 2.05) is 0 Å². The minimum absolute atomic E-state index is 0.00776. The molecule has 3 rings (SSSR count). The summed E-state index contributed by atoms with van der Waals surface area (Å²) in [6, 6.07) is 3.70. The van der Waals surface area contributed by atoms with Crippen LogP contribution in [-0.2, 0) is 13.0 Å². The van der Waals surface area contributed by atoms with Gasteiger partial charge in [0.15, 0.2) is 6.61 Å². The summed E-state index contributed by atoms with van der Waals surface area (Å²) in [7, 11) is 0. The first kappa shape index (κ1) is 19.8. The van der Waals surface area contributed by atoms with Crippen molar-refractivity contribution in [2.45, 2.75) is 31.6 Å². The van der Waals surface area contributed by atoms with E-state index in [9.17, 15) is 26.7 Å². The molecular weight excluding hydrogens is 385 g/mol. The number of hydrogen-bond acceptors (Lipinski definition) is 3. The number of nitrogens with zero attached hydrogens (tertiary/aromatic N) is 1. The maximum atomic E-state index is 13.7. The molecule has 2 N–H and O–H groups in total. The zero-order chi connectivity index (χ0) is 20.3. The summed E-state index contributed by atoms with van der Waals surface area (Å²) in [5, 5.41) is 5.18. The molecule has 0 saturated carbocycles. The second-order valence-electron chi connectivity index (χ2n) is 6.28. The van der Waals surface area contributed by atoms with Crippen molar-refractivity contribution in [1.82, 2.24) is 15.6 Å². The standard InChI is InChI=1S/C18H16F5N3O2/c19-11-6-13-12(14(20)7-11)1-2-15(13)26-17(27)25-8-10-3-4-24-16(5-10)28-9-18(21,22)23/h3-7,15H,1-2,8-9H2,(H2,25,26,27). The molecule has 1 heterocycles. The minimum Gasteiger partial charge on any atom is -0.468 e. The molecule has 1 aromatic carbocycles. The Kier molecular flexibility index (Phi) is 5.66. The summed E-state index contributed by atoms with van der Waals surface area (Å²) in [6.45, 7) is -1.46. The number of pyridine rings is 1. The lowest BCUT2D eigenvalue weighted by atomic mass is 10.1. The predicted molar refractivity (Wildman–Crippen MR) is 88.6 cm³/mol. The molecule has 5 nitrogen and oxygen atoms in total. The Hall–Kier alpha value is -2.91. The summed E-state index contributed by atoms with van der Waals surface area (Å²) < 4.78 is 68.3. The number of ether oxygens (including phenoxy) is 1. The number of fused-ring (bicyclic) bond motifs is 1. The van der Waals surface area contributed by atoms with Gasteiger partial charge in [-0.1, -0.05) is 0 Å². The van der Waals surface area contributed by atoms with E-state index in [1.54, 1.807) is 0 Å². The molecule has 0 saturated heterocycles. The van der Waals surface area contributed by atoms with Gasteiger partial charge < -0.3 is 15.4 Å². The van der Waals surface area contributed by atoms with E-state index in [4.69, 9.17) is 0 Å². The summed E-state index contributed by atoms with van der Waals surface area (Å²) in [5.41, 5.74) is 1.26. The highest BCUT2D eigenvalue weighted by atomic mass is 19.4. The number of benzene rings is 1. The van der Waals surface area contributed by atoms with Gasteiger partial charge in [0, 0.05) is 24.9 Å². The smallest absolute Gasteiger partial charge is 0.422 e. The molecule has 1 unspecified atom stereocenters. The van der Waals surface area contributed by atoms with Crippen molar-refractivity contribution >= 4 is 6.03 Å². The van der Waals surface area contributed by atoms with Crippen molar-refractivity contribution in [2.75, 3.05) is 6.61 Å². The van der Waals surface area contributed by atoms with E-state index in [0.717, 1.165) is 6.07 Å². The van der Waals surface area contributed by atoms with E-state index in [-0.39, 0.29) is 12.4 Å². The molecule has 10 heteroatoms. The lowest BCUT2D eigenvalue weighted by Gasteiger charge is -2.15. The van der Waals surface area contributed by atoms with Crippen molar-refractivity contribution in [3.8, 4) is 5.88 Å². The van der Waals surface area contributed by atoms with Gasteiger partial charge in [-0.25, -0.2) is 18.6 Å². The minimum atomic E-state index is -4.48. The monoisotopic (exact) mass is 401 g/mol. The summed E-state index contributed by atoms with van der Waals surface area (Å²) in [5.74, 6) is -1.57. The summed E-state index contributed by atoms with van der Waals surface area (Å²) in [6.07, 6.45) is -2.39. The van der Waals surface area contributed by atoms with Crippen LogP contribution >= 0.6 is 0 Å². The van der Waals surface area contributed by atoms with Crippen LogP contribution in [0.25, 0.3) is 0 Å². The van der Waals surface area contributed by atoms with Crippen molar-refractivity contribution in [1.29, 1.82) is 0 Å². The maximum absolute atomic E-state index is 13.7. The molecule has 2 amide bonds. The quantitative estimate of drug-likeness (QED) is 0.750. The highest BCUT2D eigenvalue weighted by molar-refractivity contribution is 5.74. The Labute approximate surface area is 156 Å². The van der Waals surface area contributed by atoms with E-state index in [1.165, 1.54) is 24.4 Å². The molecule has 0 aliphatic heterocycles. The number of carbonyl (C=O) groups is 1. The first-order valence-electron chi connectivity index (χ1n) is 8.38. The second-order valence-corrected chi connectivity index (χ2v) is 6.28. The lowest BCUT2D eigenvalue weighted by Crippen LogP contribution is -2.37. The average Bonchev–Trinajstić information content (AvgIpc) is 3.01. The van der Waals surface area contributed by atoms with Gasteiger partial charge in [-0.3, -0.25) is 0 Å². The molecule has 150 valence electrons. The molecular formula is C18H16F5N3O2. The SMILES string of the molecule is O=C(NCc1ccnc(OCC(F)(F)F)c1)NC1CCc2c(F)cc(F)cc21. The average molecular weight is 401 g/mol. The van der Waals surface area contributed by atoms with Crippen molar-refractivity contribution in [2.24, 2.45) is 0 Å². The van der Waals surface area contributed by atoms with Crippen LogP contribution in [-0.4, -0.2) is 23.8 Å². The summed E-state index contributed by atoms with van der Waals surface area (Å²) in [4.78, 5) is 15.8. The Balaban J connectivity index is 1.55. The van der Waals surface area contributed by atoms with Gasteiger partial charge in [-0.05, 0) is 41.7 Å². The van der Waals surface area contributed by atoms with Gasteiger partial charge >= 0.3 is 12.2 Å². The number of nitrogens with one attached hydrogen (secondary N) is 2. The Morgan fingerprint density at radius 2 is 2.04 bits per heavy atom. The van der Waals surface area contributed by atoms with E-state index < -0.39 is 36.5 Å². The third-order valence-electron chi connectivity index (χ3n) is 4.19. The fourth-order valence-corrected chi connectivity index (χ4v) is 2.98. The predicted octanol–water partition coefficient (Wildman–Crippen LogP) is 3.79. The van der Waals surface area contributed by atoms with E-state index >= 15 is 0 Å². The number of rotatable bonds is 5. The van der Waals surface area contributed by atoms with Gasteiger partial charge in [0.25, 0.3) is 0 Å². The third kappa shape index (κ3) is 5.08. The van der Waals surface area contributed by atoms with Crippen LogP contribution in [0.15, 0.2) is 30.5 Å². The fourth-order valence-electron chi connectivity index (χ4n) is 2.98. The normalized spacial score (nSPS) is 15.8. The van der Waals surface area contributed by atoms with Crippen LogP contribution in [0, 0.1) is 11.6 Å². The van der Waals surface area contributed by atoms with E-state index in [0.29, 0.717) is 29.5 Å². The second kappa shape index (κ2) is 7.99. The molecule has 28 heavy (non-hydrogen) atoms.